The van der Waals surface area contributed by atoms with Gasteiger partial charge in [-0.1, -0.05) is 0 Å². The van der Waals surface area contributed by atoms with Gasteiger partial charge in [-0.2, -0.15) is 15.1 Å². The summed E-state index contributed by atoms with van der Waals surface area (Å²) in [6.07, 6.45) is 0. The van der Waals surface area contributed by atoms with Crippen LogP contribution < -0.4 is 15.8 Å². The van der Waals surface area contributed by atoms with Gasteiger partial charge < -0.3 is 15.8 Å². The molecule has 0 saturated heterocycles. The number of aryl methyl sites for hydroxylation is 2. The van der Waals surface area contributed by atoms with E-state index in [-0.39, 0.29) is 5.95 Å². The van der Waals surface area contributed by atoms with Crippen molar-refractivity contribution in [1.29, 1.82) is 0 Å². The summed E-state index contributed by atoms with van der Waals surface area (Å²) < 4.78 is 7.27. The molecule has 18 heavy (non-hydrogen) atoms. The number of rotatable bonds is 4. The maximum atomic E-state index is 5.63. The zero-order chi connectivity index (χ0) is 13.1. The van der Waals surface area contributed by atoms with Crippen molar-refractivity contribution in [1.82, 2.24) is 19.7 Å². The second-order valence-electron chi connectivity index (χ2n) is 3.83. The molecule has 0 atom stereocenters. The minimum atomic E-state index is 0.169. The fourth-order valence-electron chi connectivity index (χ4n) is 1.56. The zero-order valence-electron chi connectivity index (χ0n) is 10.6. The van der Waals surface area contributed by atoms with Gasteiger partial charge in [0.1, 0.15) is 5.82 Å². The van der Waals surface area contributed by atoms with Crippen molar-refractivity contribution in [2.24, 2.45) is 7.05 Å². The molecule has 0 spiro atoms. The summed E-state index contributed by atoms with van der Waals surface area (Å²) in [5.41, 5.74) is 6.50. The highest BCUT2D eigenvalue weighted by Crippen LogP contribution is 2.22. The van der Waals surface area contributed by atoms with Gasteiger partial charge in [0, 0.05) is 25.7 Å². The number of hydrogen-bond donors (Lipinski definition) is 2. The van der Waals surface area contributed by atoms with Crippen molar-refractivity contribution >= 4 is 11.8 Å². The highest BCUT2D eigenvalue weighted by molar-refractivity contribution is 5.43. The Kier molecular flexibility index (Phi) is 3.31. The van der Waals surface area contributed by atoms with Crippen LogP contribution in [0.4, 0.5) is 11.8 Å². The Balaban J connectivity index is 2.25. The number of nitrogens with two attached hydrogens (primary N) is 1. The third kappa shape index (κ3) is 2.68. The summed E-state index contributed by atoms with van der Waals surface area (Å²) in [5.74, 6) is 1.80. The lowest BCUT2D eigenvalue weighted by molar-refractivity contribution is 0.415. The highest BCUT2D eigenvalue weighted by atomic mass is 16.5. The molecule has 2 aromatic heterocycles. The maximum absolute atomic E-state index is 5.63. The third-order valence-corrected chi connectivity index (χ3v) is 2.25. The Morgan fingerprint density at radius 3 is 2.78 bits per heavy atom. The van der Waals surface area contributed by atoms with Crippen LogP contribution in [0.25, 0.3) is 0 Å². The third-order valence-electron chi connectivity index (χ3n) is 2.25. The summed E-state index contributed by atoms with van der Waals surface area (Å²) in [4.78, 5) is 8.07. The fourth-order valence-corrected chi connectivity index (χ4v) is 1.56. The minimum Gasteiger partial charge on any atom is -0.421 e. The van der Waals surface area contributed by atoms with E-state index in [0.29, 0.717) is 17.6 Å². The average molecular weight is 248 g/mol. The van der Waals surface area contributed by atoms with E-state index in [1.807, 2.05) is 19.9 Å². The largest absolute Gasteiger partial charge is 0.421 e. The first kappa shape index (κ1) is 12.2. The van der Waals surface area contributed by atoms with Crippen LogP contribution in [-0.4, -0.2) is 26.3 Å². The topological polar surface area (TPSA) is 90.9 Å². The van der Waals surface area contributed by atoms with E-state index < -0.39 is 0 Å². The van der Waals surface area contributed by atoms with E-state index in [2.05, 4.69) is 20.4 Å². The first-order chi connectivity index (χ1) is 8.58. The van der Waals surface area contributed by atoms with Gasteiger partial charge in [0.25, 0.3) is 0 Å². The van der Waals surface area contributed by atoms with Crippen molar-refractivity contribution in [2.75, 3.05) is 17.6 Å². The molecule has 0 aromatic carbocycles. The number of nitrogen functional groups attached to an aromatic ring is 1. The SMILES string of the molecule is CCNc1cc(Oc2cc(C)nn2C)nc(N)n1. The molecular formula is C11H16N6O. The first-order valence-corrected chi connectivity index (χ1v) is 5.65. The van der Waals surface area contributed by atoms with Crippen LogP contribution in [-0.2, 0) is 7.05 Å². The number of nitrogens with zero attached hydrogens (tertiary/aromatic N) is 4. The second-order valence-corrected chi connectivity index (χ2v) is 3.83. The van der Waals surface area contributed by atoms with Crippen molar-refractivity contribution in [3.8, 4) is 11.8 Å². The Morgan fingerprint density at radius 1 is 1.39 bits per heavy atom. The fraction of sp³-hybridized carbons (Fsp3) is 0.364. The molecule has 2 rings (SSSR count). The summed E-state index contributed by atoms with van der Waals surface area (Å²) in [5, 5.41) is 7.25. The van der Waals surface area contributed by atoms with Crippen LogP contribution in [0, 0.1) is 6.92 Å². The van der Waals surface area contributed by atoms with Gasteiger partial charge in [0.05, 0.1) is 5.69 Å². The van der Waals surface area contributed by atoms with Gasteiger partial charge in [-0.25, -0.2) is 4.68 Å². The molecule has 0 fully saturated rings. The van der Waals surface area contributed by atoms with E-state index in [1.54, 1.807) is 17.8 Å². The van der Waals surface area contributed by atoms with Crippen LogP contribution >= 0.6 is 0 Å². The summed E-state index contributed by atoms with van der Waals surface area (Å²) in [7, 11) is 1.80. The van der Waals surface area contributed by atoms with Crippen molar-refractivity contribution in [3.05, 3.63) is 17.8 Å². The lowest BCUT2D eigenvalue weighted by Gasteiger charge is -2.07. The Bertz CT molecular complexity index is 550. The summed E-state index contributed by atoms with van der Waals surface area (Å²) >= 11 is 0. The van der Waals surface area contributed by atoms with Crippen LogP contribution in [0.1, 0.15) is 12.6 Å². The zero-order valence-corrected chi connectivity index (χ0v) is 10.6. The molecule has 0 bridgehead atoms. The van der Waals surface area contributed by atoms with E-state index >= 15 is 0 Å². The average Bonchev–Trinajstić information content (AvgIpc) is 2.57. The Hall–Kier alpha value is -2.31. The van der Waals surface area contributed by atoms with E-state index in [4.69, 9.17) is 10.5 Å². The maximum Gasteiger partial charge on any atom is 0.228 e. The van der Waals surface area contributed by atoms with Crippen LogP contribution in [0.2, 0.25) is 0 Å². The molecule has 0 aliphatic rings. The number of aromatic nitrogens is 4. The first-order valence-electron chi connectivity index (χ1n) is 5.65. The Labute approximate surface area is 105 Å². The van der Waals surface area contributed by atoms with E-state index in [1.165, 1.54) is 0 Å². The molecule has 0 unspecified atom stereocenters. The molecule has 2 aromatic rings. The molecular weight excluding hydrogens is 232 g/mol. The van der Waals surface area contributed by atoms with Gasteiger partial charge in [0.15, 0.2) is 0 Å². The number of anilines is 2. The molecule has 0 radical (unpaired) electrons. The van der Waals surface area contributed by atoms with Crippen molar-refractivity contribution < 1.29 is 4.74 Å². The molecule has 7 nitrogen and oxygen atoms in total. The van der Waals surface area contributed by atoms with Gasteiger partial charge in [-0.05, 0) is 13.8 Å². The molecule has 2 heterocycles. The van der Waals surface area contributed by atoms with Crippen molar-refractivity contribution in [3.63, 3.8) is 0 Å². The van der Waals surface area contributed by atoms with Crippen molar-refractivity contribution in [2.45, 2.75) is 13.8 Å². The number of ether oxygens (including phenoxy) is 1. The van der Waals surface area contributed by atoms with E-state index in [0.717, 1.165) is 12.2 Å². The second kappa shape index (κ2) is 4.91. The van der Waals surface area contributed by atoms with Gasteiger partial charge in [-0.15, -0.1) is 0 Å². The van der Waals surface area contributed by atoms with Gasteiger partial charge >= 0.3 is 0 Å². The molecule has 7 heteroatoms. The number of hydrogen-bond acceptors (Lipinski definition) is 6. The monoisotopic (exact) mass is 248 g/mol. The van der Waals surface area contributed by atoms with Crippen LogP contribution in [0.15, 0.2) is 12.1 Å². The molecule has 96 valence electrons. The molecule has 0 aliphatic heterocycles. The van der Waals surface area contributed by atoms with Crippen LogP contribution in [0.3, 0.4) is 0 Å². The predicted molar refractivity (Wildman–Crippen MR) is 68.6 cm³/mol. The quantitative estimate of drug-likeness (QED) is 0.848. The molecule has 0 saturated carbocycles. The molecule has 3 N–H and O–H groups in total. The van der Waals surface area contributed by atoms with Gasteiger partial charge in [0.2, 0.25) is 17.7 Å². The predicted octanol–water partition coefficient (Wildman–Crippen LogP) is 1.32. The highest BCUT2D eigenvalue weighted by Gasteiger charge is 2.08. The number of nitrogens with one attached hydrogen (secondary N) is 1. The lowest BCUT2D eigenvalue weighted by Crippen LogP contribution is -2.05. The molecule has 0 amide bonds. The molecule has 0 aliphatic carbocycles. The lowest BCUT2D eigenvalue weighted by atomic mass is 10.5. The van der Waals surface area contributed by atoms with Crippen LogP contribution in [0.5, 0.6) is 11.8 Å². The minimum absolute atomic E-state index is 0.169. The van der Waals surface area contributed by atoms with E-state index in [9.17, 15) is 0 Å². The van der Waals surface area contributed by atoms with Gasteiger partial charge in [-0.3, -0.25) is 0 Å². The Morgan fingerprint density at radius 2 is 2.17 bits per heavy atom. The standard InChI is InChI=1S/C11H16N6O/c1-4-13-8-6-9(15-11(12)14-8)18-10-5-7(2)16-17(10)3/h5-6H,4H2,1-3H3,(H3,12,13,14,15). The normalized spacial score (nSPS) is 10.4. The summed E-state index contributed by atoms with van der Waals surface area (Å²) in [6.45, 7) is 4.62. The summed E-state index contributed by atoms with van der Waals surface area (Å²) in [6, 6.07) is 3.52. The smallest absolute Gasteiger partial charge is 0.228 e.